The molecule has 3 N–H and O–H groups in total. The van der Waals surface area contributed by atoms with Crippen LogP contribution in [-0.4, -0.2) is 13.4 Å². The molecule has 1 heterocycles. The molecule has 0 fully saturated rings. The van der Waals surface area contributed by atoms with E-state index in [1.807, 2.05) is 6.92 Å². The van der Waals surface area contributed by atoms with Crippen LogP contribution in [0.1, 0.15) is 22.4 Å². The summed E-state index contributed by atoms with van der Waals surface area (Å²) in [6.45, 7) is 2.18. The molecule has 0 amide bonds. The number of benzene rings is 1. The molecule has 114 valence electrons. The van der Waals surface area contributed by atoms with E-state index in [0.717, 1.165) is 17.4 Å². The fourth-order valence-corrected chi connectivity index (χ4v) is 3.72. The van der Waals surface area contributed by atoms with Gasteiger partial charge in [0.15, 0.2) is 0 Å². The molecule has 0 saturated carbocycles. The third-order valence-corrected chi connectivity index (χ3v) is 5.44. The highest BCUT2D eigenvalue weighted by Gasteiger charge is 2.19. The number of hydrogen-bond donors (Lipinski definition) is 2. The number of aryl methyl sites for hydroxylation is 1. The lowest BCUT2D eigenvalue weighted by atomic mass is 10.2. The Morgan fingerprint density at radius 3 is 2.81 bits per heavy atom. The lowest BCUT2D eigenvalue weighted by molar-refractivity contribution is 0.556. The number of nitrogens with one attached hydrogen (secondary N) is 1. The quantitative estimate of drug-likeness (QED) is 0.846. The summed E-state index contributed by atoms with van der Waals surface area (Å²) < 4.78 is 40.4. The molecule has 2 aromatic rings. The van der Waals surface area contributed by atoms with Gasteiger partial charge in [-0.05, 0) is 24.1 Å². The van der Waals surface area contributed by atoms with Crippen LogP contribution in [0.2, 0.25) is 0 Å². The summed E-state index contributed by atoms with van der Waals surface area (Å²) in [6.07, 6.45) is 2.56. The Morgan fingerprint density at radius 2 is 2.19 bits per heavy atom. The second-order valence-corrected chi connectivity index (χ2v) is 7.30. The van der Waals surface area contributed by atoms with Gasteiger partial charge in [-0.25, -0.2) is 22.5 Å². The van der Waals surface area contributed by atoms with Crippen molar-refractivity contribution in [2.24, 2.45) is 5.73 Å². The second kappa shape index (κ2) is 6.61. The maximum absolute atomic E-state index is 13.7. The summed E-state index contributed by atoms with van der Waals surface area (Å²) in [5, 5.41) is 0.644. The van der Waals surface area contributed by atoms with Gasteiger partial charge in [-0.15, -0.1) is 11.3 Å². The first kappa shape index (κ1) is 16.0. The molecule has 0 aliphatic heterocycles. The van der Waals surface area contributed by atoms with E-state index in [-0.39, 0.29) is 13.1 Å². The van der Waals surface area contributed by atoms with Gasteiger partial charge in [-0.3, -0.25) is 0 Å². The summed E-state index contributed by atoms with van der Waals surface area (Å²) in [4.78, 5) is 4.80. The van der Waals surface area contributed by atoms with Gasteiger partial charge in [-0.1, -0.05) is 13.0 Å². The van der Waals surface area contributed by atoms with Gasteiger partial charge in [-0.2, -0.15) is 0 Å². The predicted molar refractivity (Wildman–Crippen MR) is 79.8 cm³/mol. The molecule has 0 spiro atoms. The van der Waals surface area contributed by atoms with Crippen molar-refractivity contribution in [1.82, 2.24) is 9.71 Å². The van der Waals surface area contributed by atoms with E-state index in [1.165, 1.54) is 23.5 Å². The fourth-order valence-electron chi connectivity index (χ4n) is 1.71. The summed E-state index contributed by atoms with van der Waals surface area (Å²) in [5.74, 6) is -0.798. The standard InChI is InChI=1S/C13H16FN3O2S2/c1-2-10-7-16-13(20-10)8-17-21(18,19)12-5-9(6-15)3-4-11(12)14/h3-5,7,17H,2,6,8,15H2,1H3. The Hall–Kier alpha value is -1.35. The average Bonchev–Trinajstić information content (AvgIpc) is 2.94. The maximum Gasteiger partial charge on any atom is 0.243 e. The molecule has 2 rings (SSSR count). The Morgan fingerprint density at radius 1 is 1.43 bits per heavy atom. The zero-order chi connectivity index (χ0) is 15.5. The molecule has 5 nitrogen and oxygen atoms in total. The van der Waals surface area contributed by atoms with Crippen molar-refractivity contribution in [2.45, 2.75) is 31.3 Å². The summed E-state index contributed by atoms with van der Waals surface area (Å²) >= 11 is 1.43. The minimum absolute atomic E-state index is 0.0410. The van der Waals surface area contributed by atoms with Crippen LogP contribution >= 0.6 is 11.3 Å². The third kappa shape index (κ3) is 3.85. The van der Waals surface area contributed by atoms with Gasteiger partial charge in [0.2, 0.25) is 10.0 Å². The van der Waals surface area contributed by atoms with E-state index >= 15 is 0 Å². The summed E-state index contributed by atoms with van der Waals surface area (Å²) in [7, 11) is -3.93. The topological polar surface area (TPSA) is 85.1 Å². The van der Waals surface area contributed by atoms with Crippen LogP contribution in [-0.2, 0) is 29.5 Å². The molecule has 0 aliphatic carbocycles. The van der Waals surface area contributed by atoms with Crippen molar-refractivity contribution < 1.29 is 12.8 Å². The van der Waals surface area contributed by atoms with E-state index in [1.54, 1.807) is 6.20 Å². The van der Waals surface area contributed by atoms with Crippen molar-refractivity contribution in [3.8, 4) is 0 Å². The lowest BCUT2D eigenvalue weighted by Crippen LogP contribution is -2.24. The van der Waals surface area contributed by atoms with Crippen molar-refractivity contribution in [2.75, 3.05) is 0 Å². The molecule has 0 aliphatic rings. The van der Waals surface area contributed by atoms with Crippen LogP contribution in [0.4, 0.5) is 4.39 Å². The largest absolute Gasteiger partial charge is 0.326 e. The van der Waals surface area contributed by atoms with E-state index in [0.29, 0.717) is 10.6 Å². The fraction of sp³-hybridized carbons (Fsp3) is 0.308. The minimum atomic E-state index is -3.93. The number of aromatic nitrogens is 1. The first-order valence-corrected chi connectivity index (χ1v) is 8.68. The van der Waals surface area contributed by atoms with Crippen LogP contribution < -0.4 is 10.5 Å². The molecule has 0 atom stereocenters. The first-order valence-electron chi connectivity index (χ1n) is 6.38. The predicted octanol–water partition coefficient (Wildman–Crippen LogP) is 1.78. The third-order valence-electron chi connectivity index (χ3n) is 2.88. The zero-order valence-electron chi connectivity index (χ0n) is 11.5. The van der Waals surface area contributed by atoms with E-state index < -0.39 is 20.7 Å². The normalized spacial score (nSPS) is 11.8. The Bertz CT molecular complexity index is 729. The van der Waals surface area contributed by atoms with E-state index in [9.17, 15) is 12.8 Å². The number of hydrogen-bond acceptors (Lipinski definition) is 5. The number of nitrogens with zero attached hydrogens (tertiary/aromatic N) is 1. The van der Waals surface area contributed by atoms with Gasteiger partial charge >= 0.3 is 0 Å². The van der Waals surface area contributed by atoms with Crippen LogP contribution in [0.5, 0.6) is 0 Å². The molecule has 0 unspecified atom stereocenters. The highest BCUT2D eigenvalue weighted by molar-refractivity contribution is 7.89. The van der Waals surface area contributed by atoms with Gasteiger partial charge in [0, 0.05) is 17.6 Å². The van der Waals surface area contributed by atoms with E-state index in [4.69, 9.17) is 5.73 Å². The Labute approximate surface area is 127 Å². The molecular weight excluding hydrogens is 313 g/mol. The van der Waals surface area contributed by atoms with Crippen molar-refractivity contribution in [3.05, 3.63) is 45.7 Å². The molecule has 8 heteroatoms. The highest BCUT2D eigenvalue weighted by atomic mass is 32.2. The van der Waals surface area contributed by atoms with Gasteiger partial charge in [0.1, 0.15) is 15.7 Å². The van der Waals surface area contributed by atoms with Crippen LogP contribution in [0.15, 0.2) is 29.3 Å². The average molecular weight is 329 g/mol. The monoisotopic (exact) mass is 329 g/mol. The number of thiazole rings is 1. The SMILES string of the molecule is CCc1cnc(CNS(=O)(=O)c2cc(CN)ccc2F)s1. The minimum Gasteiger partial charge on any atom is -0.326 e. The van der Waals surface area contributed by atoms with Crippen molar-refractivity contribution in [1.29, 1.82) is 0 Å². The molecule has 21 heavy (non-hydrogen) atoms. The molecule has 1 aromatic heterocycles. The van der Waals surface area contributed by atoms with Gasteiger partial charge < -0.3 is 5.73 Å². The molecule has 0 saturated heterocycles. The second-order valence-electron chi connectivity index (χ2n) is 4.37. The van der Waals surface area contributed by atoms with Crippen LogP contribution in [0, 0.1) is 5.82 Å². The molecular formula is C13H16FN3O2S2. The van der Waals surface area contributed by atoms with Gasteiger partial charge in [0.25, 0.3) is 0 Å². The Balaban J connectivity index is 2.18. The smallest absolute Gasteiger partial charge is 0.243 e. The maximum atomic E-state index is 13.7. The summed E-state index contributed by atoms with van der Waals surface area (Å²) in [5.41, 5.74) is 6.00. The van der Waals surface area contributed by atoms with Crippen LogP contribution in [0.25, 0.3) is 0 Å². The Kier molecular flexibility index (Phi) is 5.04. The highest BCUT2D eigenvalue weighted by Crippen LogP contribution is 2.18. The zero-order valence-corrected chi connectivity index (χ0v) is 13.1. The molecule has 0 bridgehead atoms. The number of nitrogens with two attached hydrogens (primary N) is 1. The number of rotatable bonds is 6. The first-order chi connectivity index (χ1) is 9.96. The lowest BCUT2D eigenvalue weighted by Gasteiger charge is -2.08. The van der Waals surface area contributed by atoms with Crippen molar-refractivity contribution >= 4 is 21.4 Å². The summed E-state index contributed by atoms with van der Waals surface area (Å²) in [6, 6.07) is 3.81. The number of sulfonamides is 1. The van der Waals surface area contributed by atoms with Gasteiger partial charge in [0.05, 0.1) is 6.54 Å². The van der Waals surface area contributed by atoms with E-state index in [2.05, 4.69) is 9.71 Å². The molecule has 0 radical (unpaired) electrons. The van der Waals surface area contributed by atoms with Crippen LogP contribution in [0.3, 0.4) is 0 Å². The van der Waals surface area contributed by atoms with Crippen molar-refractivity contribution in [3.63, 3.8) is 0 Å². The molecule has 1 aromatic carbocycles. The number of halogens is 1.